The van der Waals surface area contributed by atoms with Gasteiger partial charge in [-0.1, -0.05) is 19.9 Å². The summed E-state index contributed by atoms with van der Waals surface area (Å²) in [7, 11) is 1.66. The van der Waals surface area contributed by atoms with Gasteiger partial charge in [0.15, 0.2) is 11.5 Å². The maximum atomic E-state index is 5.75. The van der Waals surface area contributed by atoms with Crippen LogP contribution in [0.4, 0.5) is 0 Å². The summed E-state index contributed by atoms with van der Waals surface area (Å²) < 4.78 is 11.0. The van der Waals surface area contributed by atoms with Crippen LogP contribution in [0.25, 0.3) is 0 Å². The first-order valence-corrected chi connectivity index (χ1v) is 6.88. The maximum absolute atomic E-state index is 5.75. The van der Waals surface area contributed by atoms with Crippen LogP contribution in [0, 0.1) is 5.92 Å². The fourth-order valence-electron chi connectivity index (χ4n) is 2.08. The first-order valence-electron chi connectivity index (χ1n) is 6.88. The Balaban J connectivity index is 2.92. The van der Waals surface area contributed by atoms with Crippen LogP contribution >= 0.6 is 0 Å². The van der Waals surface area contributed by atoms with E-state index in [1.165, 1.54) is 5.56 Å². The molecule has 0 fully saturated rings. The van der Waals surface area contributed by atoms with Crippen molar-refractivity contribution in [2.24, 2.45) is 17.4 Å². The minimum absolute atomic E-state index is 0.284. The third-order valence-corrected chi connectivity index (χ3v) is 3.49. The molecule has 4 nitrogen and oxygen atoms in total. The van der Waals surface area contributed by atoms with Gasteiger partial charge >= 0.3 is 0 Å². The van der Waals surface area contributed by atoms with E-state index in [4.69, 9.17) is 20.9 Å². The minimum Gasteiger partial charge on any atom is -0.493 e. The van der Waals surface area contributed by atoms with Gasteiger partial charge in [-0.25, -0.2) is 0 Å². The molecule has 1 aromatic carbocycles. The molecule has 0 spiro atoms. The predicted molar refractivity (Wildman–Crippen MR) is 78.8 cm³/mol. The highest BCUT2D eigenvalue weighted by atomic mass is 16.5. The smallest absolute Gasteiger partial charge is 0.161 e. The lowest BCUT2D eigenvalue weighted by atomic mass is 9.87. The van der Waals surface area contributed by atoms with E-state index in [1.54, 1.807) is 7.11 Å². The third kappa shape index (κ3) is 4.11. The van der Waals surface area contributed by atoms with Crippen LogP contribution in [-0.2, 0) is 0 Å². The molecule has 0 bridgehead atoms. The molecular formula is C15H26N2O2. The minimum atomic E-state index is 0.284. The first-order chi connectivity index (χ1) is 9.17. The van der Waals surface area contributed by atoms with Crippen LogP contribution in [0.2, 0.25) is 0 Å². The number of nitrogens with two attached hydrogens (primary N) is 2. The van der Waals surface area contributed by atoms with Gasteiger partial charge in [0.05, 0.1) is 13.7 Å². The lowest BCUT2D eigenvalue weighted by Crippen LogP contribution is -2.27. The zero-order chi connectivity index (χ0) is 14.3. The standard InChI is InChI=1S/C15H26N2O2/c1-4-7-19-14-6-5-12(8-15(14)18-3)11(2)13(9-16)10-17/h5-6,8,11,13H,4,7,9-10,16-17H2,1-3H3. The van der Waals surface area contributed by atoms with E-state index in [1.807, 2.05) is 12.1 Å². The second-order valence-electron chi connectivity index (χ2n) is 4.78. The number of hydrogen-bond acceptors (Lipinski definition) is 4. The first kappa shape index (κ1) is 15.8. The van der Waals surface area contributed by atoms with Gasteiger partial charge in [-0.15, -0.1) is 0 Å². The average molecular weight is 266 g/mol. The zero-order valence-electron chi connectivity index (χ0n) is 12.2. The van der Waals surface area contributed by atoms with Gasteiger partial charge in [-0.3, -0.25) is 0 Å². The van der Waals surface area contributed by atoms with Crippen LogP contribution in [-0.4, -0.2) is 26.8 Å². The van der Waals surface area contributed by atoms with Gasteiger partial charge in [0.2, 0.25) is 0 Å². The molecule has 1 rings (SSSR count). The zero-order valence-corrected chi connectivity index (χ0v) is 12.2. The molecule has 0 heterocycles. The maximum Gasteiger partial charge on any atom is 0.161 e. The molecule has 0 saturated heterocycles. The van der Waals surface area contributed by atoms with Gasteiger partial charge in [0.25, 0.3) is 0 Å². The van der Waals surface area contributed by atoms with E-state index >= 15 is 0 Å². The quantitative estimate of drug-likeness (QED) is 0.756. The van der Waals surface area contributed by atoms with Crippen molar-refractivity contribution in [2.75, 3.05) is 26.8 Å². The molecule has 0 aromatic heterocycles. The van der Waals surface area contributed by atoms with Crippen LogP contribution in [0.3, 0.4) is 0 Å². The van der Waals surface area contributed by atoms with E-state index in [0.29, 0.717) is 25.6 Å². The Morgan fingerprint density at radius 3 is 2.37 bits per heavy atom. The summed E-state index contributed by atoms with van der Waals surface area (Å²) in [5, 5.41) is 0. The summed E-state index contributed by atoms with van der Waals surface area (Å²) in [5.74, 6) is 2.15. The van der Waals surface area contributed by atoms with Crippen molar-refractivity contribution in [2.45, 2.75) is 26.2 Å². The molecule has 4 N–H and O–H groups in total. The van der Waals surface area contributed by atoms with E-state index in [0.717, 1.165) is 17.9 Å². The van der Waals surface area contributed by atoms with E-state index in [-0.39, 0.29) is 5.92 Å². The van der Waals surface area contributed by atoms with Gasteiger partial charge in [-0.2, -0.15) is 0 Å². The summed E-state index contributed by atoms with van der Waals surface area (Å²) in [4.78, 5) is 0. The number of ether oxygens (including phenoxy) is 2. The van der Waals surface area contributed by atoms with Crippen LogP contribution in [0.15, 0.2) is 18.2 Å². The van der Waals surface area contributed by atoms with E-state index < -0.39 is 0 Å². The van der Waals surface area contributed by atoms with Crippen molar-refractivity contribution in [3.05, 3.63) is 23.8 Å². The molecule has 1 aromatic rings. The molecule has 0 aliphatic rings. The van der Waals surface area contributed by atoms with Gasteiger partial charge in [0.1, 0.15) is 0 Å². The Kier molecular flexibility index (Phi) is 6.67. The van der Waals surface area contributed by atoms with Crippen molar-refractivity contribution in [3.8, 4) is 11.5 Å². The van der Waals surface area contributed by atoms with Crippen LogP contribution in [0.5, 0.6) is 11.5 Å². The Morgan fingerprint density at radius 2 is 1.84 bits per heavy atom. The Morgan fingerprint density at radius 1 is 1.16 bits per heavy atom. The van der Waals surface area contributed by atoms with Crippen molar-refractivity contribution in [1.82, 2.24) is 0 Å². The van der Waals surface area contributed by atoms with Crippen molar-refractivity contribution in [3.63, 3.8) is 0 Å². The summed E-state index contributed by atoms with van der Waals surface area (Å²) >= 11 is 0. The van der Waals surface area contributed by atoms with E-state index in [9.17, 15) is 0 Å². The third-order valence-electron chi connectivity index (χ3n) is 3.49. The number of benzene rings is 1. The Hall–Kier alpha value is -1.26. The van der Waals surface area contributed by atoms with Crippen LogP contribution < -0.4 is 20.9 Å². The number of rotatable bonds is 8. The fraction of sp³-hybridized carbons (Fsp3) is 0.600. The highest BCUT2D eigenvalue weighted by molar-refractivity contribution is 5.44. The number of hydrogen-bond donors (Lipinski definition) is 2. The van der Waals surface area contributed by atoms with Crippen molar-refractivity contribution in [1.29, 1.82) is 0 Å². The summed E-state index contributed by atoms with van der Waals surface area (Å²) in [6, 6.07) is 6.05. The number of methoxy groups -OCH3 is 1. The molecule has 0 radical (unpaired) electrons. The summed E-state index contributed by atoms with van der Waals surface area (Å²) in [5.41, 5.74) is 12.7. The lowest BCUT2D eigenvalue weighted by Gasteiger charge is -2.22. The highest BCUT2D eigenvalue weighted by Gasteiger charge is 2.18. The molecule has 1 atom stereocenters. The summed E-state index contributed by atoms with van der Waals surface area (Å²) in [6.07, 6.45) is 0.976. The normalized spacial score (nSPS) is 12.5. The molecular weight excluding hydrogens is 240 g/mol. The molecule has 0 aliphatic carbocycles. The molecule has 4 heteroatoms. The monoisotopic (exact) mass is 266 g/mol. The van der Waals surface area contributed by atoms with Crippen molar-refractivity contribution >= 4 is 0 Å². The van der Waals surface area contributed by atoms with E-state index in [2.05, 4.69) is 19.9 Å². The molecule has 108 valence electrons. The Labute approximate surface area is 116 Å². The Bertz CT molecular complexity index is 378. The lowest BCUT2D eigenvalue weighted by molar-refractivity contribution is 0.294. The molecule has 0 amide bonds. The van der Waals surface area contributed by atoms with Crippen molar-refractivity contribution < 1.29 is 9.47 Å². The second-order valence-corrected chi connectivity index (χ2v) is 4.78. The predicted octanol–water partition coefficient (Wildman–Crippen LogP) is 2.12. The van der Waals surface area contributed by atoms with Gasteiger partial charge in [0, 0.05) is 0 Å². The largest absolute Gasteiger partial charge is 0.493 e. The summed E-state index contributed by atoms with van der Waals surface area (Å²) in [6.45, 7) is 6.10. The average Bonchev–Trinajstić information content (AvgIpc) is 2.46. The SMILES string of the molecule is CCCOc1ccc(C(C)C(CN)CN)cc1OC. The molecule has 0 aliphatic heterocycles. The molecule has 1 unspecified atom stereocenters. The van der Waals surface area contributed by atoms with Crippen LogP contribution in [0.1, 0.15) is 31.7 Å². The van der Waals surface area contributed by atoms with Gasteiger partial charge in [-0.05, 0) is 49.0 Å². The highest BCUT2D eigenvalue weighted by Crippen LogP contribution is 2.33. The second kappa shape index (κ2) is 8.02. The molecule has 0 saturated carbocycles. The topological polar surface area (TPSA) is 70.5 Å². The van der Waals surface area contributed by atoms with Gasteiger partial charge < -0.3 is 20.9 Å². The fourth-order valence-corrected chi connectivity index (χ4v) is 2.08. The molecule has 19 heavy (non-hydrogen) atoms.